The van der Waals surface area contributed by atoms with E-state index in [1.54, 1.807) is 13.2 Å². The molecule has 1 aliphatic carbocycles. The number of ether oxygens (including phenoxy) is 1. The van der Waals surface area contributed by atoms with Crippen molar-refractivity contribution in [1.82, 2.24) is 10.3 Å². The Hall–Kier alpha value is -2.89. The lowest BCUT2D eigenvalue weighted by atomic mass is 9.89. The van der Waals surface area contributed by atoms with Gasteiger partial charge in [-0.05, 0) is 42.0 Å². The molecule has 0 fully saturated rings. The van der Waals surface area contributed by atoms with E-state index < -0.39 is 5.92 Å². The number of hydrogen-bond acceptors (Lipinski definition) is 4. The van der Waals surface area contributed by atoms with Crippen molar-refractivity contribution in [2.45, 2.75) is 38.1 Å². The van der Waals surface area contributed by atoms with E-state index in [9.17, 15) is 9.59 Å². The number of rotatable bonds is 4. The zero-order chi connectivity index (χ0) is 18.1. The highest BCUT2D eigenvalue weighted by atomic mass is 16.5. The quantitative estimate of drug-likeness (QED) is 0.886. The van der Waals surface area contributed by atoms with Crippen LogP contribution in [-0.2, 0) is 29.0 Å². The highest BCUT2D eigenvalue weighted by Crippen LogP contribution is 2.38. The topological polar surface area (TPSA) is 80.3 Å². The third-order valence-corrected chi connectivity index (χ3v) is 5.07. The smallest absolute Gasteiger partial charge is 0.228 e. The average Bonchev–Trinajstić information content (AvgIpc) is 3.12. The highest BCUT2D eigenvalue weighted by molar-refractivity contribution is 6.02. The summed E-state index contributed by atoms with van der Waals surface area (Å²) in [7, 11) is 1.55. The Morgan fingerprint density at radius 2 is 2.27 bits per heavy atom. The summed E-state index contributed by atoms with van der Waals surface area (Å²) in [6.45, 7) is 0.413. The molecule has 0 bridgehead atoms. The van der Waals surface area contributed by atoms with Crippen LogP contribution in [0, 0.1) is 0 Å². The summed E-state index contributed by atoms with van der Waals surface area (Å²) in [5.41, 5.74) is 4.82. The van der Waals surface area contributed by atoms with Crippen LogP contribution in [0.5, 0.6) is 5.75 Å². The number of nitrogens with zero attached hydrogens (tertiary/aromatic N) is 1. The van der Waals surface area contributed by atoms with Crippen LogP contribution in [0.1, 0.15) is 41.1 Å². The van der Waals surface area contributed by atoms with Crippen LogP contribution >= 0.6 is 0 Å². The fourth-order valence-electron chi connectivity index (χ4n) is 3.75. The molecule has 1 aliphatic heterocycles. The van der Waals surface area contributed by atoms with Gasteiger partial charge >= 0.3 is 0 Å². The Bertz CT molecular complexity index is 879. The molecule has 26 heavy (non-hydrogen) atoms. The lowest BCUT2D eigenvalue weighted by Crippen LogP contribution is -2.35. The molecule has 0 saturated carbocycles. The first-order chi connectivity index (χ1) is 12.7. The Morgan fingerprint density at radius 3 is 3.12 bits per heavy atom. The maximum absolute atomic E-state index is 12.8. The van der Waals surface area contributed by atoms with Gasteiger partial charge in [-0.3, -0.25) is 14.6 Å². The monoisotopic (exact) mass is 351 g/mol. The van der Waals surface area contributed by atoms with Gasteiger partial charge in [0.1, 0.15) is 5.75 Å². The van der Waals surface area contributed by atoms with Crippen LogP contribution < -0.4 is 15.4 Å². The number of nitrogens with one attached hydrogen (secondary N) is 2. The van der Waals surface area contributed by atoms with Crippen LogP contribution in [0.25, 0.3) is 0 Å². The molecule has 1 atom stereocenters. The van der Waals surface area contributed by atoms with E-state index in [1.165, 1.54) is 11.3 Å². The Labute approximate surface area is 152 Å². The Balaban J connectivity index is 1.51. The van der Waals surface area contributed by atoms with Gasteiger partial charge < -0.3 is 15.4 Å². The van der Waals surface area contributed by atoms with E-state index in [1.807, 2.05) is 18.3 Å². The van der Waals surface area contributed by atoms with Gasteiger partial charge in [0.25, 0.3) is 0 Å². The number of para-hydroxylation sites is 1. The molecule has 0 radical (unpaired) electrons. The average molecular weight is 351 g/mol. The maximum atomic E-state index is 12.8. The standard InChI is InChI=1S/C20H21N3O3/c1-26-17-7-3-5-14-15(9-18(24)23-19(14)17)20(25)22-11-12-8-13-4-2-6-16(13)21-10-12/h3,5,7-8,10,15H,2,4,6,9,11H2,1H3,(H,22,25)(H,23,24)/t15-/m0/s1. The molecule has 0 saturated heterocycles. The number of hydrogen-bond donors (Lipinski definition) is 2. The number of carbonyl (C=O) groups excluding carboxylic acids is 2. The van der Waals surface area contributed by atoms with E-state index in [4.69, 9.17) is 4.74 Å². The second-order valence-corrected chi connectivity index (χ2v) is 6.75. The summed E-state index contributed by atoms with van der Waals surface area (Å²) in [6, 6.07) is 7.59. The molecule has 2 aromatic rings. The number of amides is 2. The van der Waals surface area contributed by atoms with Gasteiger partial charge in [0.2, 0.25) is 11.8 Å². The SMILES string of the molecule is COc1cccc2c1NC(=O)C[C@@H]2C(=O)NCc1cnc2c(c1)CCC2. The van der Waals surface area contributed by atoms with Crippen molar-refractivity contribution in [3.63, 3.8) is 0 Å². The van der Waals surface area contributed by atoms with Crippen LogP contribution in [0.2, 0.25) is 0 Å². The summed E-state index contributed by atoms with van der Waals surface area (Å²) >= 11 is 0. The van der Waals surface area contributed by atoms with Gasteiger partial charge in [-0.1, -0.05) is 18.2 Å². The third-order valence-electron chi connectivity index (χ3n) is 5.07. The number of aryl methyl sites for hydroxylation is 2. The lowest BCUT2D eigenvalue weighted by Gasteiger charge is -2.26. The first kappa shape index (κ1) is 16.6. The molecule has 2 aliphatic rings. The van der Waals surface area contributed by atoms with E-state index in [2.05, 4.69) is 21.7 Å². The van der Waals surface area contributed by atoms with E-state index in [0.717, 1.165) is 30.4 Å². The molecule has 1 aromatic heterocycles. The number of anilines is 1. The zero-order valence-corrected chi connectivity index (χ0v) is 14.7. The minimum absolute atomic E-state index is 0.133. The van der Waals surface area contributed by atoms with Gasteiger partial charge in [0.15, 0.2) is 0 Å². The Morgan fingerprint density at radius 1 is 1.38 bits per heavy atom. The number of fused-ring (bicyclic) bond motifs is 2. The normalized spacial score (nSPS) is 17.9. The summed E-state index contributed by atoms with van der Waals surface area (Å²) < 4.78 is 5.31. The van der Waals surface area contributed by atoms with Crippen LogP contribution in [0.3, 0.4) is 0 Å². The molecule has 0 unspecified atom stereocenters. The minimum atomic E-state index is -0.517. The largest absolute Gasteiger partial charge is 0.495 e. The van der Waals surface area contributed by atoms with Crippen molar-refractivity contribution >= 4 is 17.5 Å². The van der Waals surface area contributed by atoms with E-state index >= 15 is 0 Å². The van der Waals surface area contributed by atoms with E-state index in [0.29, 0.717) is 18.0 Å². The van der Waals surface area contributed by atoms with Crippen LogP contribution in [-0.4, -0.2) is 23.9 Å². The molecular formula is C20H21N3O3. The fraction of sp³-hybridized carbons (Fsp3) is 0.350. The number of benzene rings is 1. The van der Waals surface area contributed by atoms with Gasteiger partial charge in [-0.25, -0.2) is 0 Å². The van der Waals surface area contributed by atoms with Crippen LogP contribution in [0.15, 0.2) is 30.5 Å². The summed E-state index contributed by atoms with van der Waals surface area (Å²) in [5, 5.41) is 5.77. The maximum Gasteiger partial charge on any atom is 0.228 e. The first-order valence-electron chi connectivity index (χ1n) is 8.87. The number of methoxy groups -OCH3 is 1. The molecule has 4 rings (SSSR count). The second kappa shape index (κ2) is 6.78. The minimum Gasteiger partial charge on any atom is -0.495 e. The predicted molar refractivity (Wildman–Crippen MR) is 97.1 cm³/mol. The molecule has 2 heterocycles. The van der Waals surface area contributed by atoms with Crippen molar-refractivity contribution in [2.75, 3.05) is 12.4 Å². The third kappa shape index (κ3) is 3.03. The van der Waals surface area contributed by atoms with Gasteiger partial charge in [-0.2, -0.15) is 0 Å². The summed E-state index contributed by atoms with van der Waals surface area (Å²) in [5.74, 6) is -0.288. The van der Waals surface area contributed by atoms with Crippen molar-refractivity contribution < 1.29 is 14.3 Å². The predicted octanol–water partition coefficient (Wildman–Crippen LogP) is 2.32. The number of aromatic nitrogens is 1. The molecule has 0 spiro atoms. The number of carbonyl (C=O) groups is 2. The van der Waals surface area contributed by atoms with Crippen molar-refractivity contribution in [3.05, 3.63) is 52.8 Å². The molecule has 1 aromatic carbocycles. The lowest BCUT2D eigenvalue weighted by molar-refractivity contribution is -0.126. The van der Waals surface area contributed by atoms with Gasteiger partial charge in [0.05, 0.1) is 18.7 Å². The molecule has 134 valence electrons. The molecule has 2 amide bonds. The Kier molecular flexibility index (Phi) is 4.32. The van der Waals surface area contributed by atoms with Crippen molar-refractivity contribution in [3.8, 4) is 5.75 Å². The zero-order valence-electron chi connectivity index (χ0n) is 14.7. The molecular weight excluding hydrogens is 330 g/mol. The van der Waals surface area contributed by atoms with Gasteiger partial charge in [0, 0.05) is 24.9 Å². The van der Waals surface area contributed by atoms with Gasteiger partial charge in [-0.15, -0.1) is 0 Å². The molecule has 2 N–H and O–H groups in total. The van der Waals surface area contributed by atoms with E-state index in [-0.39, 0.29) is 18.2 Å². The summed E-state index contributed by atoms with van der Waals surface area (Å²) in [6.07, 6.45) is 5.20. The number of pyridine rings is 1. The van der Waals surface area contributed by atoms with Crippen molar-refractivity contribution in [2.24, 2.45) is 0 Å². The van der Waals surface area contributed by atoms with Crippen molar-refractivity contribution in [1.29, 1.82) is 0 Å². The molecule has 6 heteroatoms. The second-order valence-electron chi connectivity index (χ2n) is 6.75. The fourth-order valence-corrected chi connectivity index (χ4v) is 3.75. The highest BCUT2D eigenvalue weighted by Gasteiger charge is 2.32. The first-order valence-corrected chi connectivity index (χ1v) is 8.87. The summed E-state index contributed by atoms with van der Waals surface area (Å²) in [4.78, 5) is 29.3. The van der Waals surface area contributed by atoms with Crippen LogP contribution in [0.4, 0.5) is 5.69 Å². The molecule has 6 nitrogen and oxygen atoms in total.